The van der Waals surface area contributed by atoms with Crippen LogP contribution in [0.15, 0.2) is 0 Å². The van der Waals surface area contributed by atoms with Crippen LogP contribution in [-0.4, -0.2) is 73.5 Å². The van der Waals surface area contributed by atoms with Gasteiger partial charge in [0, 0.05) is 11.4 Å². The summed E-state index contributed by atoms with van der Waals surface area (Å²) in [5.74, 6) is -6.15. The average molecular weight is 889 g/mol. The Morgan fingerprint density at radius 1 is 0.569 bits per heavy atom. The molecule has 0 saturated heterocycles. The first kappa shape index (κ1) is 64.3. The number of unbranched alkanes of at least 4 members (excludes halogenated alkanes) is 12. The second kappa shape index (κ2) is 37.3. The van der Waals surface area contributed by atoms with Crippen LogP contribution >= 0.6 is 0 Å². The van der Waals surface area contributed by atoms with Crippen LogP contribution in [-0.2, 0) is 48.9 Å². The van der Waals surface area contributed by atoms with E-state index in [9.17, 15) is 55.3 Å². The molecule has 0 spiro atoms. The molecule has 0 aromatic carbocycles. The van der Waals surface area contributed by atoms with Crippen molar-refractivity contribution in [3.05, 3.63) is 0 Å². The number of carboxylic acids is 2. The first-order valence-electron chi connectivity index (χ1n) is 21.0. The van der Waals surface area contributed by atoms with Gasteiger partial charge in [-0.15, -0.1) is 0 Å². The molecule has 0 rings (SSSR count). The minimum atomic E-state index is -5.20. The number of carbonyl (C=O) groups is 4. The van der Waals surface area contributed by atoms with Crippen molar-refractivity contribution in [1.29, 1.82) is 0 Å². The van der Waals surface area contributed by atoms with Crippen LogP contribution in [0.3, 0.4) is 0 Å². The van der Waals surface area contributed by atoms with E-state index < -0.39 is 66.4 Å². The van der Waals surface area contributed by atoms with Crippen molar-refractivity contribution in [1.82, 2.24) is 0 Å². The molecule has 0 aliphatic rings. The summed E-state index contributed by atoms with van der Waals surface area (Å²) in [6.45, 7) is 12.2. The molecule has 18 heteroatoms. The summed E-state index contributed by atoms with van der Waals surface area (Å²) in [5, 5.41) is 19.5. The van der Waals surface area contributed by atoms with Crippen LogP contribution in [0.25, 0.3) is 0 Å². The third kappa shape index (κ3) is 29.1. The van der Waals surface area contributed by atoms with Gasteiger partial charge in [-0.1, -0.05) is 157 Å². The predicted octanol–water partition coefficient (Wildman–Crippen LogP) is 0.390. The van der Waals surface area contributed by atoms with Gasteiger partial charge < -0.3 is 29.3 Å². The Morgan fingerprint density at radius 2 is 0.948 bits per heavy atom. The van der Waals surface area contributed by atoms with Gasteiger partial charge in [0.05, 0.1) is 25.6 Å². The number of ether oxygens (including phenoxy) is 2. The van der Waals surface area contributed by atoms with Crippen LogP contribution in [0.1, 0.15) is 189 Å². The van der Waals surface area contributed by atoms with Gasteiger partial charge in [-0.25, -0.2) is 0 Å². The van der Waals surface area contributed by atoms with Gasteiger partial charge >= 0.3 is 71.1 Å². The maximum absolute atomic E-state index is 12.3. The summed E-state index contributed by atoms with van der Waals surface area (Å²) in [7, 11) is -9.93. The molecule has 0 amide bonds. The van der Waals surface area contributed by atoms with Crippen molar-refractivity contribution < 1.29 is 124 Å². The molecule has 2 N–H and O–H groups in total. The van der Waals surface area contributed by atoms with Crippen molar-refractivity contribution in [3.8, 4) is 0 Å². The van der Waals surface area contributed by atoms with Crippen molar-refractivity contribution >= 4 is 44.1 Å². The Bertz CT molecular complexity index is 1290. The largest absolute Gasteiger partial charge is 1.00 e. The molecule has 0 aromatic rings. The van der Waals surface area contributed by atoms with Crippen molar-refractivity contribution in [2.75, 3.05) is 13.2 Å². The van der Waals surface area contributed by atoms with Gasteiger partial charge in [-0.3, -0.25) is 18.7 Å². The Morgan fingerprint density at radius 3 is 1.28 bits per heavy atom. The Kier molecular flexibility index (Phi) is 41.3. The summed E-state index contributed by atoms with van der Waals surface area (Å²) in [6.07, 6.45) is 16.8. The molecular formula is C40H74Na2O14S2. The molecule has 4 atom stereocenters. The zero-order chi connectivity index (χ0) is 43.2. The van der Waals surface area contributed by atoms with Gasteiger partial charge in [-0.05, 0) is 37.5 Å². The van der Waals surface area contributed by atoms with Gasteiger partial charge in [0.1, 0.15) is 5.25 Å². The number of carboxylic acid groups (broad SMARTS) is 2. The number of esters is 2. The van der Waals surface area contributed by atoms with Crippen molar-refractivity contribution in [2.24, 2.45) is 17.3 Å². The third-order valence-electron chi connectivity index (χ3n) is 10.3. The quantitative estimate of drug-likeness (QED) is 0.0385. The minimum Gasteiger partial charge on any atom is -0.549 e. The van der Waals surface area contributed by atoms with E-state index in [1.807, 2.05) is 27.7 Å². The first-order valence-corrected chi connectivity index (χ1v) is 24.0. The zero-order valence-corrected chi connectivity index (χ0v) is 42.7. The van der Waals surface area contributed by atoms with E-state index in [-0.39, 0.29) is 97.0 Å². The fraction of sp³-hybridized carbons (Fsp3) is 0.900. The molecular weight excluding hydrogens is 815 g/mol. The fourth-order valence-corrected chi connectivity index (χ4v) is 8.62. The number of hydrogen-bond acceptors (Lipinski definition) is 12. The van der Waals surface area contributed by atoms with E-state index >= 15 is 0 Å². The van der Waals surface area contributed by atoms with E-state index in [4.69, 9.17) is 9.47 Å². The zero-order valence-electron chi connectivity index (χ0n) is 37.1. The van der Waals surface area contributed by atoms with E-state index in [1.165, 1.54) is 6.42 Å². The molecule has 0 aliphatic carbocycles. The van der Waals surface area contributed by atoms with Crippen molar-refractivity contribution in [2.45, 2.75) is 200 Å². The number of hydrogen-bond donors (Lipinski definition) is 2. The summed E-state index contributed by atoms with van der Waals surface area (Å²) in [4.78, 5) is 47.8. The summed E-state index contributed by atoms with van der Waals surface area (Å²) >= 11 is 0. The normalized spacial score (nSPS) is 14.5. The molecule has 332 valence electrons. The van der Waals surface area contributed by atoms with E-state index in [0.29, 0.717) is 38.5 Å². The molecule has 4 unspecified atom stereocenters. The number of aliphatic carboxylic acids is 2. The number of rotatable bonds is 34. The standard InChI is InChI=1S/2C20H38O7S.2Na/c1-5-9-11-15(7-3)13-20(19(23)24,14-16(8-4)12-10-6-2)17(18(21)22)28(25,26)27;1-3-5-7-9-11-13-15-26-19(21)17-18(28(23,24)25)20(22)27-16-14-12-10-8-6-4-2;;/h15-17H,5-14H2,1-4H3,(H,21,22)(H,23,24)(H,25,26,27);18H,3-17H2,1-2H3,(H,23,24,25);;/q;;2*+1/p-2. The van der Waals surface area contributed by atoms with Gasteiger partial charge in [-0.2, -0.15) is 16.8 Å². The summed E-state index contributed by atoms with van der Waals surface area (Å²) in [5.41, 5.74) is -2.23. The molecule has 0 aliphatic heterocycles. The second-order valence-electron chi connectivity index (χ2n) is 15.0. The Labute approximate surface area is 395 Å². The fourth-order valence-electron chi connectivity index (χ4n) is 6.86. The third-order valence-corrected chi connectivity index (χ3v) is 12.6. The van der Waals surface area contributed by atoms with Crippen LogP contribution in [0.2, 0.25) is 0 Å². The molecule has 14 nitrogen and oxygen atoms in total. The smallest absolute Gasteiger partial charge is 0.549 e. The topological polar surface area (TPSA) is 242 Å². The Balaban J connectivity index is -0.000000486. The molecule has 0 bridgehead atoms. The van der Waals surface area contributed by atoms with Gasteiger partial charge in [0.25, 0.3) is 20.2 Å². The van der Waals surface area contributed by atoms with E-state index in [0.717, 1.165) is 83.5 Å². The van der Waals surface area contributed by atoms with Crippen LogP contribution in [0.5, 0.6) is 0 Å². The van der Waals surface area contributed by atoms with Crippen LogP contribution in [0, 0.1) is 17.3 Å². The maximum atomic E-state index is 12.3. The summed E-state index contributed by atoms with van der Waals surface area (Å²) in [6, 6.07) is 0. The Hall–Kier alpha value is -0.300. The minimum absolute atomic E-state index is 0. The first-order chi connectivity index (χ1) is 26.3. The molecule has 0 fully saturated rings. The van der Waals surface area contributed by atoms with Crippen molar-refractivity contribution in [3.63, 3.8) is 0 Å². The van der Waals surface area contributed by atoms with Gasteiger partial charge in [0.15, 0.2) is 5.25 Å². The maximum Gasteiger partial charge on any atom is 1.00 e. The molecule has 0 radical (unpaired) electrons. The van der Waals surface area contributed by atoms with E-state index in [1.54, 1.807) is 0 Å². The van der Waals surface area contributed by atoms with Crippen LogP contribution in [0.4, 0.5) is 0 Å². The SMILES string of the molecule is CCCCC(CC)CC(CC(CC)CCCC)(C(=O)[O-])C(C(=O)[O-])S(=O)(=O)O.CCCCCCCCOC(=O)CC(C(=O)OCCCCCCCC)S(=O)(=O)O.[Na+].[Na+]. The average Bonchev–Trinajstić information content (AvgIpc) is 3.11. The van der Waals surface area contributed by atoms with E-state index in [2.05, 4.69) is 13.8 Å². The van der Waals surface area contributed by atoms with Crippen LogP contribution < -0.4 is 69.3 Å². The second-order valence-corrected chi connectivity index (χ2v) is 18.1. The summed E-state index contributed by atoms with van der Waals surface area (Å²) < 4.78 is 75.5. The predicted molar refractivity (Wildman–Crippen MR) is 212 cm³/mol. The molecule has 0 heterocycles. The molecule has 0 aromatic heterocycles. The molecule has 58 heavy (non-hydrogen) atoms. The molecule has 0 saturated carbocycles. The monoisotopic (exact) mass is 888 g/mol. The van der Waals surface area contributed by atoms with Gasteiger partial charge in [0.2, 0.25) is 0 Å². The number of carbonyl (C=O) groups excluding carboxylic acids is 4.